The van der Waals surface area contributed by atoms with Crippen molar-refractivity contribution < 1.29 is 4.39 Å². The van der Waals surface area contributed by atoms with Gasteiger partial charge in [0, 0.05) is 12.4 Å². The van der Waals surface area contributed by atoms with Crippen LogP contribution in [0.15, 0.2) is 36.7 Å². The molecule has 2 aromatic rings. The molecule has 2 aromatic heterocycles. The van der Waals surface area contributed by atoms with Crippen molar-refractivity contribution in [2.75, 3.05) is 0 Å². The number of hydrogen-bond acceptors (Lipinski definition) is 3. The molecule has 0 aliphatic rings. The second kappa shape index (κ2) is 3.26. The van der Waals surface area contributed by atoms with E-state index in [-0.39, 0.29) is 0 Å². The molecule has 0 saturated carbocycles. The second-order valence-corrected chi connectivity index (χ2v) is 2.42. The number of aromatic nitrogens is 3. The van der Waals surface area contributed by atoms with Gasteiger partial charge in [-0.1, -0.05) is 6.07 Å². The van der Waals surface area contributed by atoms with E-state index < -0.39 is 5.95 Å². The highest BCUT2D eigenvalue weighted by Gasteiger charge is 2.01. The van der Waals surface area contributed by atoms with Gasteiger partial charge in [0.1, 0.15) is 5.69 Å². The fourth-order valence-electron chi connectivity index (χ4n) is 0.964. The summed E-state index contributed by atoms with van der Waals surface area (Å²) in [6, 6.07) is 6.22. The van der Waals surface area contributed by atoms with Gasteiger partial charge in [0.25, 0.3) is 0 Å². The zero-order chi connectivity index (χ0) is 9.10. The third-order valence-corrected chi connectivity index (χ3v) is 1.51. The van der Waals surface area contributed by atoms with E-state index in [1.165, 1.54) is 6.07 Å². The van der Waals surface area contributed by atoms with Crippen molar-refractivity contribution in [3.05, 3.63) is 42.6 Å². The molecule has 2 heterocycles. The van der Waals surface area contributed by atoms with E-state index in [4.69, 9.17) is 0 Å². The first-order valence-corrected chi connectivity index (χ1v) is 3.76. The summed E-state index contributed by atoms with van der Waals surface area (Å²) in [6.07, 6.45) is 3.18. The standard InChI is InChI=1S/C9H6FN3/c10-8-4-1-3-7(13-8)9-11-5-2-6-12-9/h1-6H. The van der Waals surface area contributed by atoms with E-state index in [1.54, 1.807) is 30.6 Å². The molecular formula is C9H6FN3. The second-order valence-electron chi connectivity index (χ2n) is 2.42. The van der Waals surface area contributed by atoms with Crippen molar-refractivity contribution in [3.63, 3.8) is 0 Å². The Bertz CT molecular complexity index is 403. The van der Waals surface area contributed by atoms with Crippen LogP contribution in [0.4, 0.5) is 4.39 Å². The first-order chi connectivity index (χ1) is 6.36. The van der Waals surface area contributed by atoms with E-state index in [1.807, 2.05) is 0 Å². The van der Waals surface area contributed by atoms with E-state index in [9.17, 15) is 4.39 Å². The summed E-state index contributed by atoms with van der Waals surface area (Å²) in [5.41, 5.74) is 0.445. The SMILES string of the molecule is Fc1cccc(-c2ncccn2)n1. The third kappa shape index (κ3) is 1.66. The lowest BCUT2D eigenvalue weighted by molar-refractivity contribution is 0.585. The topological polar surface area (TPSA) is 38.7 Å². The minimum atomic E-state index is -0.523. The molecule has 0 atom stereocenters. The third-order valence-electron chi connectivity index (χ3n) is 1.51. The van der Waals surface area contributed by atoms with E-state index >= 15 is 0 Å². The summed E-state index contributed by atoms with van der Waals surface area (Å²) in [5, 5.41) is 0. The highest BCUT2D eigenvalue weighted by Crippen LogP contribution is 2.09. The van der Waals surface area contributed by atoms with Crippen LogP contribution in [0.2, 0.25) is 0 Å². The van der Waals surface area contributed by atoms with Crippen LogP contribution in [-0.2, 0) is 0 Å². The van der Waals surface area contributed by atoms with Crippen LogP contribution in [0, 0.1) is 5.95 Å². The summed E-state index contributed by atoms with van der Waals surface area (Å²) in [7, 11) is 0. The predicted octanol–water partition coefficient (Wildman–Crippen LogP) is 1.68. The zero-order valence-corrected chi connectivity index (χ0v) is 6.68. The van der Waals surface area contributed by atoms with Gasteiger partial charge in [-0.25, -0.2) is 15.0 Å². The van der Waals surface area contributed by atoms with Gasteiger partial charge in [0.05, 0.1) is 0 Å². The van der Waals surface area contributed by atoms with Gasteiger partial charge in [-0.2, -0.15) is 4.39 Å². The molecule has 0 radical (unpaired) electrons. The summed E-state index contributed by atoms with van der Waals surface area (Å²) in [5.74, 6) is -0.0908. The largest absolute Gasteiger partial charge is 0.235 e. The summed E-state index contributed by atoms with van der Waals surface area (Å²) in [6.45, 7) is 0. The fourth-order valence-corrected chi connectivity index (χ4v) is 0.964. The minimum absolute atomic E-state index is 0.432. The molecule has 4 heteroatoms. The van der Waals surface area contributed by atoms with Crippen LogP contribution < -0.4 is 0 Å². The molecule has 0 saturated heterocycles. The van der Waals surface area contributed by atoms with Crippen LogP contribution in [0.5, 0.6) is 0 Å². The molecule has 0 aliphatic heterocycles. The zero-order valence-electron chi connectivity index (χ0n) is 6.68. The highest BCUT2D eigenvalue weighted by molar-refractivity contribution is 5.47. The van der Waals surface area contributed by atoms with E-state index in [0.29, 0.717) is 11.5 Å². The Morgan fingerprint density at radius 1 is 1.00 bits per heavy atom. The quantitative estimate of drug-likeness (QED) is 0.619. The summed E-state index contributed by atoms with van der Waals surface area (Å²) in [4.78, 5) is 11.6. The molecule has 0 amide bonds. The Labute approximate surface area is 74.3 Å². The van der Waals surface area contributed by atoms with Gasteiger partial charge in [0.15, 0.2) is 5.82 Å². The molecule has 0 bridgehead atoms. The number of halogens is 1. The van der Waals surface area contributed by atoms with Gasteiger partial charge >= 0.3 is 0 Å². The van der Waals surface area contributed by atoms with Crippen molar-refractivity contribution >= 4 is 0 Å². The van der Waals surface area contributed by atoms with E-state index in [0.717, 1.165) is 0 Å². The lowest BCUT2D eigenvalue weighted by Crippen LogP contribution is -1.91. The van der Waals surface area contributed by atoms with Gasteiger partial charge in [-0.05, 0) is 18.2 Å². The molecule has 13 heavy (non-hydrogen) atoms. The van der Waals surface area contributed by atoms with Crippen LogP contribution in [-0.4, -0.2) is 15.0 Å². The number of nitrogens with zero attached hydrogens (tertiary/aromatic N) is 3. The Morgan fingerprint density at radius 2 is 1.77 bits per heavy atom. The Kier molecular flexibility index (Phi) is 1.96. The predicted molar refractivity (Wildman–Crippen MR) is 45.2 cm³/mol. The molecule has 0 aliphatic carbocycles. The average Bonchev–Trinajstić information content (AvgIpc) is 2.19. The first kappa shape index (κ1) is 7.79. The lowest BCUT2D eigenvalue weighted by Gasteiger charge is -1.96. The smallest absolute Gasteiger partial charge is 0.213 e. The maximum Gasteiger partial charge on any atom is 0.213 e. The van der Waals surface area contributed by atoms with Crippen molar-refractivity contribution in [3.8, 4) is 11.5 Å². The van der Waals surface area contributed by atoms with Crippen molar-refractivity contribution in [2.45, 2.75) is 0 Å². The first-order valence-electron chi connectivity index (χ1n) is 3.76. The van der Waals surface area contributed by atoms with Crippen LogP contribution in [0.3, 0.4) is 0 Å². The molecule has 0 unspecified atom stereocenters. The maximum atomic E-state index is 12.7. The van der Waals surface area contributed by atoms with Gasteiger partial charge in [-0.15, -0.1) is 0 Å². The molecule has 2 rings (SSSR count). The Morgan fingerprint density at radius 3 is 2.46 bits per heavy atom. The Balaban J connectivity index is 2.48. The van der Waals surface area contributed by atoms with Gasteiger partial charge in [-0.3, -0.25) is 0 Å². The van der Waals surface area contributed by atoms with Crippen molar-refractivity contribution in [2.24, 2.45) is 0 Å². The lowest BCUT2D eigenvalue weighted by atomic mass is 10.3. The highest BCUT2D eigenvalue weighted by atomic mass is 19.1. The molecular weight excluding hydrogens is 169 g/mol. The van der Waals surface area contributed by atoms with Crippen LogP contribution in [0.1, 0.15) is 0 Å². The molecule has 0 spiro atoms. The number of hydrogen-bond donors (Lipinski definition) is 0. The van der Waals surface area contributed by atoms with Crippen LogP contribution >= 0.6 is 0 Å². The van der Waals surface area contributed by atoms with Gasteiger partial charge in [0.2, 0.25) is 5.95 Å². The number of rotatable bonds is 1. The number of pyridine rings is 1. The molecule has 64 valence electrons. The maximum absolute atomic E-state index is 12.7. The van der Waals surface area contributed by atoms with Gasteiger partial charge < -0.3 is 0 Å². The molecule has 0 N–H and O–H groups in total. The summed E-state index contributed by atoms with van der Waals surface area (Å²) >= 11 is 0. The molecule has 0 aromatic carbocycles. The molecule has 3 nitrogen and oxygen atoms in total. The molecule has 0 fully saturated rings. The average molecular weight is 175 g/mol. The van der Waals surface area contributed by atoms with Crippen LogP contribution in [0.25, 0.3) is 11.5 Å². The monoisotopic (exact) mass is 175 g/mol. The Hall–Kier alpha value is -1.84. The summed E-state index contributed by atoms with van der Waals surface area (Å²) < 4.78 is 12.7. The normalized spacial score (nSPS) is 9.92. The fraction of sp³-hybridized carbons (Fsp3) is 0. The van der Waals surface area contributed by atoms with Crippen molar-refractivity contribution in [1.82, 2.24) is 15.0 Å². The van der Waals surface area contributed by atoms with E-state index in [2.05, 4.69) is 15.0 Å². The van der Waals surface area contributed by atoms with Crippen molar-refractivity contribution in [1.29, 1.82) is 0 Å². The minimum Gasteiger partial charge on any atom is -0.235 e.